The lowest BCUT2D eigenvalue weighted by molar-refractivity contribution is -0.140. The monoisotopic (exact) mass is 629 g/mol. The Morgan fingerprint density at radius 3 is 2.27 bits per heavy atom. The van der Waals surface area contributed by atoms with Crippen molar-refractivity contribution in [3.8, 4) is 5.75 Å². The summed E-state index contributed by atoms with van der Waals surface area (Å²) in [6.45, 7) is 2.15. The minimum Gasteiger partial charge on any atom is -0.497 e. The molecule has 1 unspecified atom stereocenters. The number of hydrogen-bond acceptors (Lipinski definition) is 5. The average molecular weight is 631 g/mol. The van der Waals surface area contributed by atoms with Gasteiger partial charge in [-0.2, -0.15) is 0 Å². The normalized spacial score (nSPS) is 11.9. The molecule has 0 heterocycles. The molecule has 0 saturated carbocycles. The molecule has 0 aliphatic carbocycles. The Hall–Kier alpha value is -3.37. The highest BCUT2D eigenvalue weighted by Gasteiger charge is 2.33. The molecule has 0 spiro atoms. The van der Waals surface area contributed by atoms with E-state index in [1.807, 2.05) is 49.4 Å². The third-order valence-corrected chi connectivity index (χ3v) is 8.05. The maximum Gasteiger partial charge on any atom is 0.244 e. The third kappa shape index (κ3) is 9.09. The number of sulfonamides is 1. The van der Waals surface area contributed by atoms with E-state index in [9.17, 15) is 18.0 Å². The second-order valence-electron chi connectivity index (χ2n) is 9.47. The molecule has 1 atom stereocenters. The maximum absolute atomic E-state index is 14.1. The molecule has 0 aromatic heterocycles. The number of methoxy groups -OCH3 is 1. The number of carbonyl (C=O) groups excluding carboxylic acids is 2. The van der Waals surface area contributed by atoms with Crippen LogP contribution in [0.3, 0.4) is 0 Å². The summed E-state index contributed by atoms with van der Waals surface area (Å²) in [7, 11) is -2.26. The molecule has 10 heteroatoms. The number of rotatable bonds is 14. The zero-order chi connectivity index (χ0) is 29.1. The van der Waals surface area contributed by atoms with Crippen LogP contribution in [-0.2, 0) is 32.6 Å². The van der Waals surface area contributed by atoms with Gasteiger partial charge in [0.25, 0.3) is 0 Å². The topological polar surface area (TPSA) is 96.0 Å². The molecule has 3 aromatic rings. The van der Waals surface area contributed by atoms with E-state index in [0.717, 1.165) is 39.0 Å². The molecule has 40 heavy (non-hydrogen) atoms. The van der Waals surface area contributed by atoms with Gasteiger partial charge in [-0.15, -0.1) is 0 Å². The summed E-state index contributed by atoms with van der Waals surface area (Å²) < 4.78 is 32.9. The Labute approximate surface area is 245 Å². The Kier molecular flexibility index (Phi) is 11.6. The third-order valence-electron chi connectivity index (χ3n) is 6.38. The highest BCUT2D eigenvalue weighted by atomic mass is 79.9. The van der Waals surface area contributed by atoms with Crippen molar-refractivity contribution in [2.45, 2.75) is 38.8 Å². The first kappa shape index (κ1) is 31.2. The molecular weight excluding hydrogens is 594 g/mol. The van der Waals surface area contributed by atoms with Gasteiger partial charge in [0, 0.05) is 24.0 Å². The van der Waals surface area contributed by atoms with Gasteiger partial charge >= 0.3 is 0 Å². The van der Waals surface area contributed by atoms with E-state index in [4.69, 9.17) is 4.74 Å². The van der Waals surface area contributed by atoms with Crippen LogP contribution >= 0.6 is 15.9 Å². The molecule has 0 bridgehead atoms. The van der Waals surface area contributed by atoms with Crippen molar-refractivity contribution >= 4 is 43.5 Å². The first-order valence-corrected chi connectivity index (χ1v) is 15.7. The maximum atomic E-state index is 14.1. The van der Waals surface area contributed by atoms with Crippen molar-refractivity contribution in [2.75, 3.05) is 30.8 Å². The molecule has 8 nitrogen and oxygen atoms in total. The van der Waals surface area contributed by atoms with Gasteiger partial charge in [0.05, 0.1) is 19.1 Å². The van der Waals surface area contributed by atoms with E-state index >= 15 is 0 Å². The van der Waals surface area contributed by atoms with Gasteiger partial charge in [-0.3, -0.25) is 13.9 Å². The zero-order valence-electron chi connectivity index (χ0n) is 23.0. The van der Waals surface area contributed by atoms with Gasteiger partial charge in [-0.25, -0.2) is 8.42 Å². The number of amides is 2. The molecule has 3 aromatic carbocycles. The second-order valence-corrected chi connectivity index (χ2v) is 12.3. The molecule has 0 aliphatic heterocycles. The van der Waals surface area contributed by atoms with Gasteiger partial charge in [0.1, 0.15) is 18.3 Å². The largest absolute Gasteiger partial charge is 0.497 e. The molecule has 0 radical (unpaired) electrons. The molecular formula is C30H36BrN3O5S. The van der Waals surface area contributed by atoms with Crippen LogP contribution in [0.4, 0.5) is 5.69 Å². The van der Waals surface area contributed by atoms with Crippen LogP contribution in [0.1, 0.15) is 30.9 Å². The van der Waals surface area contributed by atoms with Crippen LogP contribution in [0.25, 0.3) is 0 Å². The van der Waals surface area contributed by atoms with Gasteiger partial charge in [0.15, 0.2) is 0 Å². The number of nitrogens with zero attached hydrogens (tertiary/aromatic N) is 2. The SMILES string of the molecule is CCCCNC(=O)C(Cc1ccccc1)N(Cc1cccc(OC)c1)C(=O)CN(c1ccc(Br)cc1)S(C)(=O)=O. The summed E-state index contributed by atoms with van der Waals surface area (Å²) >= 11 is 3.36. The van der Waals surface area contributed by atoms with Crippen LogP contribution in [-0.4, -0.2) is 57.6 Å². The highest BCUT2D eigenvalue weighted by Crippen LogP contribution is 2.23. The number of halogens is 1. The van der Waals surface area contributed by atoms with E-state index < -0.39 is 28.5 Å². The smallest absolute Gasteiger partial charge is 0.244 e. The highest BCUT2D eigenvalue weighted by molar-refractivity contribution is 9.10. The molecule has 0 saturated heterocycles. The predicted octanol–water partition coefficient (Wildman–Crippen LogP) is 4.78. The lowest BCUT2D eigenvalue weighted by atomic mass is 10.0. The lowest BCUT2D eigenvalue weighted by Crippen LogP contribution is -2.53. The quantitative estimate of drug-likeness (QED) is 0.259. The van der Waals surface area contributed by atoms with Crippen molar-refractivity contribution in [1.29, 1.82) is 0 Å². The Morgan fingerprint density at radius 1 is 0.975 bits per heavy atom. The summed E-state index contributed by atoms with van der Waals surface area (Å²) in [5.41, 5.74) is 1.99. The van der Waals surface area contributed by atoms with Gasteiger partial charge in [0.2, 0.25) is 21.8 Å². The van der Waals surface area contributed by atoms with Gasteiger partial charge in [-0.05, 0) is 53.9 Å². The van der Waals surface area contributed by atoms with Crippen LogP contribution in [0, 0.1) is 0 Å². The van der Waals surface area contributed by atoms with E-state index in [0.29, 0.717) is 18.0 Å². The van der Waals surface area contributed by atoms with Crippen molar-refractivity contribution in [3.05, 3.63) is 94.5 Å². The second kappa shape index (κ2) is 14.9. The number of carbonyl (C=O) groups is 2. The Bertz CT molecular complexity index is 1370. The van der Waals surface area contributed by atoms with Gasteiger partial charge < -0.3 is 15.0 Å². The summed E-state index contributed by atoms with van der Waals surface area (Å²) in [6.07, 6.45) is 3.05. The molecule has 3 rings (SSSR count). The molecule has 0 aliphatic rings. The fraction of sp³-hybridized carbons (Fsp3) is 0.333. The van der Waals surface area contributed by atoms with Crippen molar-refractivity contribution < 1.29 is 22.7 Å². The number of nitrogens with one attached hydrogen (secondary N) is 1. The van der Waals surface area contributed by atoms with E-state index in [-0.39, 0.29) is 18.9 Å². The Morgan fingerprint density at radius 2 is 1.65 bits per heavy atom. The van der Waals surface area contributed by atoms with E-state index in [1.165, 1.54) is 4.90 Å². The summed E-state index contributed by atoms with van der Waals surface area (Å²) in [5.74, 6) is -0.171. The molecule has 2 amide bonds. The molecule has 214 valence electrons. The van der Waals surface area contributed by atoms with Crippen LogP contribution in [0.5, 0.6) is 5.75 Å². The van der Waals surface area contributed by atoms with Crippen LogP contribution < -0.4 is 14.4 Å². The average Bonchev–Trinajstić information content (AvgIpc) is 2.94. The number of unbranched alkanes of at least 4 members (excludes halogenated alkanes) is 1. The van der Waals surface area contributed by atoms with Crippen molar-refractivity contribution in [1.82, 2.24) is 10.2 Å². The number of hydrogen-bond donors (Lipinski definition) is 1. The first-order chi connectivity index (χ1) is 19.1. The summed E-state index contributed by atoms with van der Waals surface area (Å²) in [5, 5.41) is 2.97. The summed E-state index contributed by atoms with van der Waals surface area (Å²) in [6, 6.07) is 22.6. The molecule has 0 fully saturated rings. The minimum absolute atomic E-state index is 0.0900. The zero-order valence-corrected chi connectivity index (χ0v) is 25.4. The van der Waals surface area contributed by atoms with E-state index in [2.05, 4.69) is 21.2 Å². The van der Waals surface area contributed by atoms with E-state index in [1.54, 1.807) is 43.5 Å². The van der Waals surface area contributed by atoms with Crippen molar-refractivity contribution in [3.63, 3.8) is 0 Å². The lowest BCUT2D eigenvalue weighted by Gasteiger charge is -2.33. The number of anilines is 1. The standard InChI is InChI=1S/C30H36BrN3O5S/c1-4-5-18-32-30(36)28(20-23-10-7-6-8-11-23)33(21-24-12-9-13-27(19-24)39-2)29(35)22-34(40(3,37)38)26-16-14-25(31)15-17-26/h6-17,19,28H,4-5,18,20-22H2,1-3H3,(H,32,36). The number of ether oxygens (including phenoxy) is 1. The first-order valence-electron chi connectivity index (χ1n) is 13.1. The van der Waals surface area contributed by atoms with Crippen molar-refractivity contribution in [2.24, 2.45) is 0 Å². The van der Waals surface area contributed by atoms with Crippen LogP contribution in [0.2, 0.25) is 0 Å². The molecule has 1 N–H and O–H groups in total. The Balaban J connectivity index is 2.04. The van der Waals surface area contributed by atoms with Gasteiger partial charge in [-0.1, -0.05) is 71.7 Å². The fourth-order valence-corrected chi connectivity index (χ4v) is 5.36. The number of benzene rings is 3. The fourth-order valence-electron chi connectivity index (χ4n) is 4.25. The minimum atomic E-state index is -3.82. The van der Waals surface area contributed by atoms with Crippen LogP contribution in [0.15, 0.2) is 83.3 Å². The predicted molar refractivity (Wildman–Crippen MR) is 162 cm³/mol. The summed E-state index contributed by atoms with van der Waals surface area (Å²) in [4.78, 5) is 29.1.